The number of hydrogen-bond acceptors (Lipinski definition) is 8. The zero-order valence-corrected chi connectivity index (χ0v) is 25.3. The molecule has 16 heteroatoms. The van der Waals surface area contributed by atoms with Crippen molar-refractivity contribution in [3.05, 3.63) is 0 Å². The maximum absolute atomic E-state index is 13.2. The van der Waals surface area contributed by atoms with Crippen molar-refractivity contribution in [2.24, 2.45) is 0 Å². The Morgan fingerprint density at radius 1 is 0.594 bits per heavy atom. The lowest BCUT2D eigenvalue weighted by molar-refractivity contribution is 0.140. The first-order valence-electron chi connectivity index (χ1n) is 9.74. The first-order valence-corrected chi connectivity index (χ1v) is 16.8. The molecule has 6 unspecified atom stereocenters. The maximum atomic E-state index is 13.2. The minimum atomic E-state index is -3.81. The van der Waals surface area contributed by atoms with Gasteiger partial charge in [0.15, 0.2) is 11.7 Å². The predicted molar refractivity (Wildman–Crippen MR) is 134 cm³/mol. The monoisotopic (exact) mass is 620 g/mol. The Bertz CT molecular complexity index is 532. The minimum Gasteiger partial charge on any atom is -0.306 e. The fraction of sp³-hybridized carbons (Fsp3) is 1.00. The molecule has 8 nitrogen and oxygen atoms in total. The Morgan fingerprint density at radius 3 is 1.00 bits per heavy atom. The molecule has 0 aliphatic heterocycles. The summed E-state index contributed by atoms with van der Waals surface area (Å²) in [6.45, 7) is 9.36. The van der Waals surface area contributed by atoms with Crippen LogP contribution in [0.25, 0.3) is 0 Å². The third-order valence-electron chi connectivity index (χ3n) is 3.30. The normalized spacial score (nSPS) is 22.7. The van der Waals surface area contributed by atoms with Crippen LogP contribution in [0.5, 0.6) is 0 Å². The van der Waals surface area contributed by atoms with E-state index in [-0.39, 0.29) is 26.4 Å². The highest BCUT2D eigenvalue weighted by Gasteiger charge is 2.40. The highest BCUT2D eigenvalue weighted by atomic mass is 35.7. The fourth-order valence-electron chi connectivity index (χ4n) is 1.70. The summed E-state index contributed by atoms with van der Waals surface area (Å²) in [6.07, 6.45) is 0. The third kappa shape index (κ3) is 14.6. The zero-order valence-electron chi connectivity index (χ0n) is 18.8. The van der Waals surface area contributed by atoms with Crippen LogP contribution < -0.4 is 0 Å². The molecule has 0 saturated heterocycles. The van der Waals surface area contributed by atoms with E-state index in [0.29, 0.717) is 0 Å². The van der Waals surface area contributed by atoms with E-state index in [1.807, 2.05) is 0 Å². The van der Waals surface area contributed by atoms with Crippen LogP contribution in [0.1, 0.15) is 41.5 Å². The predicted octanol–water partition coefficient (Wildman–Crippen LogP) is 8.14. The van der Waals surface area contributed by atoms with Crippen LogP contribution >= 0.6 is 80.6 Å². The van der Waals surface area contributed by atoms with E-state index in [2.05, 4.69) is 0 Å². The summed E-state index contributed by atoms with van der Waals surface area (Å²) < 4.78 is 58.9. The van der Waals surface area contributed by atoms with Gasteiger partial charge in [-0.05, 0) is 52.8 Å². The highest BCUT2D eigenvalue weighted by molar-refractivity contribution is 7.76. The standard InChI is InChI=1S/C16H32Cl5O8P3/c1-11(17)7-24-31(22,25-8-12(2)18)15(5)28-30(21)29-16(6)32(23,26-9-13(3)19)27-10-14(4)20/h11-16H,7-10H2,1-6H3. The molecule has 194 valence electrons. The molecule has 0 radical (unpaired) electrons. The van der Waals surface area contributed by atoms with E-state index >= 15 is 0 Å². The summed E-state index contributed by atoms with van der Waals surface area (Å²) in [4.78, 5) is 0. The van der Waals surface area contributed by atoms with Crippen molar-refractivity contribution >= 4 is 80.6 Å². The van der Waals surface area contributed by atoms with Gasteiger partial charge in [0, 0.05) is 0 Å². The van der Waals surface area contributed by atoms with Gasteiger partial charge in [-0.25, -0.2) is 0 Å². The molecule has 0 aliphatic rings. The molecular formula is C16H32Cl5O8P3. The first kappa shape index (κ1) is 34.1. The van der Waals surface area contributed by atoms with Crippen LogP contribution in [0.4, 0.5) is 0 Å². The summed E-state index contributed by atoms with van der Waals surface area (Å²) in [5.41, 5.74) is 0. The smallest absolute Gasteiger partial charge is 0.306 e. The molecule has 32 heavy (non-hydrogen) atoms. The molecular weight excluding hydrogens is 590 g/mol. The molecule has 0 aromatic carbocycles. The topological polar surface area (TPSA) is 89.5 Å². The fourth-order valence-corrected chi connectivity index (χ4v) is 8.04. The second-order valence-corrected chi connectivity index (χ2v) is 16.3. The van der Waals surface area contributed by atoms with Crippen molar-refractivity contribution < 1.29 is 36.3 Å². The van der Waals surface area contributed by atoms with Crippen LogP contribution in [0.3, 0.4) is 0 Å². The summed E-state index contributed by atoms with van der Waals surface area (Å²) in [7, 11) is -9.84. The number of alkyl halides is 4. The van der Waals surface area contributed by atoms with E-state index in [1.165, 1.54) is 13.8 Å². The van der Waals surface area contributed by atoms with Crippen molar-refractivity contribution in [3.63, 3.8) is 0 Å². The van der Waals surface area contributed by atoms with E-state index in [1.54, 1.807) is 27.7 Å². The molecule has 0 saturated carbocycles. The van der Waals surface area contributed by atoms with Gasteiger partial charge in [0.25, 0.3) is 7.73 Å². The molecule has 0 N–H and O–H groups in total. The van der Waals surface area contributed by atoms with Crippen molar-refractivity contribution in [2.45, 2.75) is 74.7 Å². The molecule has 0 rings (SSSR count). The first-order chi connectivity index (χ1) is 14.6. The minimum absolute atomic E-state index is 0.0508. The van der Waals surface area contributed by atoms with E-state index in [9.17, 15) is 9.13 Å². The second-order valence-electron chi connectivity index (χ2n) is 7.01. The summed E-state index contributed by atoms with van der Waals surface area (Å²) in [6, 6.07) is 0. The largest absolute Gasteiger partial charge is 0.359 e. The molecule has 0 heterocycles. The molecule has 0 spiro atoms. The van der Waals surface area contributed by atoms with Gasteiger partial charge in [0.2, 0.25) is 0 Å². The summed E-state index contributed by atoms with van der Waals surface area (Å²) >= 11 is 29.7. The Morgan fingerprint density at radius 2 is 0.812 bits per heavy atom. The van der Waals surface area contributed by atoms with Gasteiger partial charge in [-0.3, -0.25) is 9.13 Å². The second kappa shape index (κ2) is 16.8. The lowest BCUT2D eigenvalue weighted by Gasteiger charge is -2.29. The molecule has 0 bridgehead atoms. The van der Waals surface area contributed by atoms with Crippen LogP contribution in [0.2, 0.25) is 0 Å². The van der Waals surface area contributed by atoms with Gasteiger partial charge in [-0.2, -0.15) is 0 Å². The third-order valence-corrected chi connectivity index (χ3v) is 9.60. The molecule has 0 aromatic heterocycles. The van der Waals surface area contributed by atoms with E-state index in [4.69, 9.17) is 84.8 Å². The van der Waals surface area contributed by atoms with Crippen molar-refractivity contribution in [1.82, 2.24) is 0 Å². The van der Waals surface area contributed by atoms with Crippen LogP contribution in [-0.4, -0.2) is 59.6 Å². The lowest BCUT2D eigenvalue weighted by atomic mass is 10.5. The zero-order chi connectivity index (χ0) is 25.1. The summed E-state index contributed by atoms with van der Waals surface area (Å²) in [5.74, 6) is -2.26. The van der Waals surface area contributed by atoms with Gasteiger partial charge < -0.3 is 27.1 Å². The average molecular weight is 623 g/mol. The average Bonchev–Trinajstić information content (AvgIpc) is 2.67. The van der Waals surface area contributed by atoms with Crippen LogP contribution in [0.15, 0.2) is 0 Å². The number of rotatable bonds is 18. The van der Waals surface area contributed by atoms with Gasteiger partial charge in [0.05, 0.1) is 47.9 Å². The lowest BCUT2D eigenvalue weighted by Crippen LogP contribution is -2.19. The van der Waals surface area contributed by atoms with Gasteiger partial charge in [0.1, 0.15) is 0 Å². The van der Waals surface area contributed by atoms with Gasteiger partial charge in [-0.15, -0.1) is 46.4 Å². The van der Waals surface area contributed by atoms with Crippen molar-refractivity contribution in [1.29, 1.82) is 0 Å². The van der Waals surface area contributed by atoms with E-state index in [0.717, 1.165) is 0 Å². The van der Waals surface area contributed by atoms with Crippen molar-refractivity contribution in [3.8, 4) is 0 Å². The highest BCUT2D eigenvalue weighted by Crippen LogP contribution is 2.63. The Balaban J connectivity index is 5.22. The van der Waals surface area contributed by atoms with Crippen molar-refractivity contribution in [2.75, 3.05) is 26.4 Å². The van der Waals surface area contributed by atoms with Crippen LogP contribution in [0, 0.1) is 0 Å². The Hall–Kier alpha value is 2.10. The van der Waals surface area contributed by atoms with E-state index < -0.39 is 56.1 Å². The van der Waals surface area contributed by atoms with Crippen LogP contribution in [-0.2, 0) is 36.3 Å². The molecule has 0 fully saturated rings. The molecule has 0 amide bonds. The van der Waals surface area contributed by atoms with Gasteiger partial charge >= 0.3 is 15.2 Å². The van der Waals surface area contributed by atoms with Gasteiger partial charge in [-0.1, -0.05) is 0 Å². The Kier molecular flexibility index (Phi) is 17.9. The maximum Gasteiger partial charge on any atom is 0.359 e. The SMILES string of the molecule is CC(Cl)COP(=O)(OCC(C)Cl)C(C)OP(Cl)OC(C)P(=O)(OCC(C)Cl)OCC(C)Cl. The quantitative estimate of drug-likeness (QED) is 0.112. The molecule has 0 aliphatic carbocycles. The molecule has 0 aromatic rings. The number of hydrogen-bond donors (Lipinski definition) is 0. The molecule has 6 atom stereocenters. The number of halogens is 5. The Labute approximate surface area is 217 Å². The summed E-state index contributed by atoms with van der Waals surface area (Å²) in [5, 5.41) is -1.68.